The summed E-state index contributed by atoms with van der Waals surface area (Å²) in [6, 6.07) is 4.18. The third-order valence-corrected chi connectivity index (χ3v) is 2.63. The molecule has 1 saturated heterocycles. The highest BCUT2D eigenvalue weighted by molar-refractivity contribution is 5.05. The van der Waals surface area contributed by atoms with E-state index in [1.165, 1.54) is 0 Å². The van der Waals surface area contributed by atoms with Crippen molar-refractivity contribution in [1.82, 2.24) is 5.32 Å². The Bertz CT molecular complexity index is 271. The normalized spacial score (nSPS) is 34.0. The zero-order chi connectivity index (χ0) is 9.97. The van der Waals surface area contributed by atoms with Crippen molar-refractivity contribution in [3.05, 3.63) is 24.2 Å². The number of furan rings is 1. The molecule has 2 heterocycles. The van der Waals surface area contributed by atoms with Crippen molar-refractivity contribution in [1.29, 1.82) is 0 Å². The lowest BCUT2D eigenvalue weighted by molar-refractivity contribution is 0.0198. The van der Waals surface area contributed by atoms with E-state index in [2.05, 4.69) is 19.2 Å². The highest BCUT2D eigenvalue weighted by Gasteiger charge is 2.26. The maximum atomic E-state index is 5.82. The molecule has 0 aromatic carbocycles. The molecule has 3 unspecified atom stereocenters. The van der Waals surface area contributed by atoms with Crippen LogP contribution in [-0.2, 0) is 4.74 Å². The summed E-state index contributed by atoms with van der Waals surface area (Å²) in [7, 11) is 0. The predicted molar refractivity (Wildman–Crippen MR) is 54.0 cm³/mol. The van der Waals surface area contributed by atoms with Gasteiger partial charge in [0.2, 0.25) is 0 Å². The summed E-state index contributed by atoms with van der Waals surface area (Å²) >= 11 is 0. The molecule has 0 aliphatic carbocycles. The van der Waals surface area contributed by atoms with Crippen LogP contribution in [0.1, 0.15) is 25.7 Å². The van der Waals surface area contributed by atoms with Gasteiger partial charge in [-0.1, -0.05) is 6.92 Å². The van der Waals surface area contributed by atoms with Crippen LogP contribution in [0.15, 0.2) is 22.8 Å². The minimum absolute atomic E-state index is 0.0509. The molecule has 1 aliphatic rings. The molecule has 1 aliphatic heterocycles. The zero-order valence-corrected chi connectivity index (χ0v) is 8.69. The van der Waals surface area contributed by atoms with Gasteiger partial charge in [0.25, 0.3) is 0 Å². The zero-order valence-electron chi connectivity index (χ0n) is 8.69. The molecular formula is C11H17NO2. The van der Waals surface area contributed by atoms with Crippen LogP contribution in [0, 0.1) is 5.92 Å². The lowest BCUT2D eigenvalue weighted by Gasteiger charge is -2.19. The third kappa shape index (κ3) is 1.99. The van der Waals surface area contributed by atoms with E-state index >= 15 is 0 Å². The fourth-order valence-corrected chi connectivity index (χ4v) is 1.75. The minimum Gasteiger partial charge on any atom is -0.467 e. The van der Waals surface area contributed by atoms with Gasteiger partial charge in [-0.25, -0.2) is 0 Å². The molecule has 3 nitrogen and oxygen atoms in total. The Balaban J connectivity index is 2.10. The molecule has 0 amide bonds. The summed E-state index contributed by atoms with van der Waals surface area (Å²) in [5, 5.41) is 3.45. The van der Waals surface area contributed by atoms with Gasteiger partial charge in [0, 0.05) is 12.6 Å². The van der Waals surface area contributed by atoms with Crippen LogP contribution in [-0.4, -0.2) is 19.2 Å². The molecule has 3 heteroatoms. The van der Waals surface area contributed by atoms with Gasteiger partial charge in [0.15, 0.2) is 0 Å². The number of rotatable bonds is 1. The van der Waals surface area contributed by atoms with Crippen molar-refractivity contribution < 1.29 is 9.15 Å². The van der Waals surface area contributed by atoms with Crippen LogP contribution in [0.5, 0.6) is 0 Å². The maximum Gasteiger partial charge on any atom is 0.134 e. The minimum atomic E-state index is 0.0509. The van der Waals surface area contributed by atoms with Gasteiger partial charge in [-0.15, -0.1) is 0 Å². The van der Waals surface area contributed by atoms with Gasteiger partial charge < -0.3 is 14.5 Å². The molecule has 1 aromatic heterocycles. The second kappa shape index (κ2) is 4.15. The molecule has 3 atom stereocenters. The average molecular weight is 195 g/mol. The summed E-state index contributed by atoms with van der Waals surface area (Å²) < 4.78 is 11.2. The summed E-state index contributed by atoms with van der Waals surface area (Å²) in [5.41, 5.74) is 0. The molecule has 14 heavy (non-hydrogen) atoms. The first-order valence-electron chi connectivity index (χ1n) is 5.15. The number of hydrogen-bond donors (Lipinski definition) is 1. The monoisotopic (exact) mass is 195 g/mol. The summed E-state index contributed by atoms with van der Waals surface area (Å²) in [6.07, 6.45) is 1.75. The SMILES string of the molecule is CC1CNC(C)C(c2ccco2)OC1. The van der Waals surface area contributed by atoms with Crippen molar-refractivity contribution in [2.24, 2.45) is 5.92 Å². The fourth-order valence-electron chi connectivity index (χ4n) is 1.75. The standard InChI is InChI=1S/C11H17NO2/c1-8-6-12-9(2)11(14-7-8)10-4-3-5-13-10/h3-5,8-9,11-12H,6-7H2,1-2H3. The summed E-state index contributed by atoms with van der Waals surface area (Å²) in [4.78, 5) is 0. The van der Waals surface area contributed by atoms with Gasteiger partial charge in [0.05, 0.1) is 12.9 Å². The highest BCUT2D eigenvalue weighted by atomic mass is 16.5. The number of hydrogen-bond acceptors (Lipinski definition) is 3. The molecule has 1 fully saturated rings. The molecule has 78 valence electrons. The van der Waals surface area contributed by atoms with Crippen LogP contribution < -0.4 is 5.32 Å². The third-order valence-electron chi connectivity index (χ3n) is 2.63. The Morgan fingerprint density at radius 2 is 2.29 bits per heavy atom. The van der Waals surface area contributed by atoms with E-state index in [1.54, 1.807) is 6.26 Å². The fraction of sp³-hybridized carbons (Fsp3) is 0.636. The van der Waals surface area contributed by atoms with E-state index in [0.717, 1.165) is 18.9 Å². The van der Waals surface area contributed by atoms with E-state index in [4.69, 9.17) is 9.15 Å². The van der Waals surface area contributed by atoms with Gasteiger partial charge in [-0.05, 0) is 25.0 Å². The molecule has 2 rings (SSSR count). The van der Waals surface area contributed by atoms with Crippen molar-refractivity contribution in [2.75, 3.05) is 13.2 Å². The molecule has 0 radical (unpaired) electrons. The van der Waals surface area contributed by atoms with E-state index in [1.807, 2.05) is 12.1 Å². The van der Waals surface area contributed by atoms with Gasteiger partial charge in [0.1, 0.15) is 11.9 Å². The largest absolute Gasteiger partial charge is 0.467 e. The maximum absolute atomic E-state index is 5.82. The van der Waals surface area contributed by atoms with Gasteiger partial charge in [-0.3, -0.25) is 0 Å². The average Bonchev–Trinajstić information content (AvgIpc) is 2.63. The van der Waals surface area contributed by atoms with Crippen LogP contribution >= 0.6 is 0 Å². The van der Waals surface area contributed by atoms with Gasteiger partial charge in [-0.2, -0.15) is 0 Å². The Morgan fingerprint density at radius 3 is 3.00 bits per heavy atom. The van der Waals surface area contributed by atoms with Crippen molar-refractivity contribution >= 4 is 0 Å². The molecule has 0 saturated carbocycles. The van der Waals surface area contributed by atoms with Crippen LogP contribution in [0.3, 0.4) is 0 Å². The lowest BCUT2D eigenvalue weighted by Crippen LogP contribution is -2.32. The second-order valence-corrected chi connectivity index (χ2v) is 4.07. The number of ether oxygens (including phenoxy) is 1. The highest BCUT2D eigenvalue weighted by Crippen LogP contribution is 2.24. The Hall–Kier alpha value is -0.800. The Morgan fingerprint density at radius 1 is 1.43 bits per heavy atom. The second-order valence-electron chi connectivity index (χ2n) is 4.07. The quantitative estimate of drug-likeness (QED) is 0.744. The lowest BCUT2D eigenvalue weighted by atomic mass is 10.1. The van der Waals surface area contributed by atoms with Crippen LogP contribution in [0.25, 0.3) is 0 Å². The van der Waals surface area contributed by atoms with E-state index in [9.17, 15) is 0 Å². The van der Waals surface area contributed by atoms with Crippen LogP contribution in [0.4, 0.5) is 0 Å². The Labute approximate surface area is 84.4 Å². The first-order valence-corrected chi connectivity index (χ1v) is 5.15. The van der Waals surface area contributed by atoms with Gasteiger partial charge >= 0.3 is 0 Å². The number of nitrogens with one attached hydrogen (secondary N) is 1. The molecular weight excluding hydrogens is 178 g/mol. The summed E-state index contributed by atoms with van der Waals surface area (Å²) in [6.45, 7) is 6.12. The Kier molecular flexibility index (Phi) is 2.89. The smallest absolute Gasteiger partial charge is 0.134 e. The van der Waals surface area contributed by atoms with Crippen molar-refractivity contribution in [3.63, 3.8) is 0 Å². The van der Waals surface area contributed by atoms with Crippen LogP contribution in [0.2, 0.25) is 0 Å². The summed E-state index contributed by atoms with van der Waals surface area (Å²) in [5.74, 6) is 1.48. The predicted octanol–water partition coefficient (Wildman–Crippen LogP) is 1.97. The van der Waals surface area contributed by atoms with E-state index in [-0.39, 0.29) is 6.10 Å². The molecule has 1 aromatic rings. The topological polar surface area (TPSA) is 34.4 Å². The van der Waals surface area contributed by atoms with E-state index in [0.29, 0.717) is 12.0 Å². The molecule has 1 N–H and O–H groups in total. The molecule has 0 bridgehead atoms. The first kappa shape index (κ1) is 9.74. The van der Waals surface area contributed by atoms with E-state index < -0.39 is 0 Å². The first-order chi connectivity index (χ1) is 6.77. The molecule has 0 spiro atoms. The van der Waals surface area contributed by atoms with Crippen molar-refractivity contribution in [2.45, 2.75) is 26.0 Å². The van der Waals surface area contributed by atoms with Crippen molar-refractivity contribution in [3.8, 4) is 0 Å².